The molecule has 0 amide bonds. The van der Waals surface area contributed by atoms with E-state index in [1.807, 2.05) is 0 Å². The Labute approximate surface area is 119 Å². The molecule has 3 nitrogen and oxygen atoms in total. The summed E-state index contributed by atoms with van der Waals surface area (Å²) in [7, 11) is 0. The van der Waals surface area contributed by atoms with E-state index >= 15 is 0 Å². The molecule has 20 heavy (non-hydrogen) atoms. The topological polar surface area (TPSA) is 28.0 Å². The summed E-state index contributed by atoms with van der Waals surface area (Å²) in [5.41, 5.74) is 1.34. The van der Waals surface area contributed by atoms with Crippen LogP contribution in [-0.2, 0) is 6.54 Å². The van der Waals surface area contributed by atoms with Crippen molar-refractivity contribution in [2.45, 2.75) is 31.5 Å². The highest BCUT2D eigenvalue weighted by Gasteiger charge is 2.61. The lowest BCUT2D eigenvalue weighted by Crippen LogP contribution is -2.44. The number of fused-ring (bicyclic) bond motifs is 8. The fourth-order valence-electron chi connectivity index (χ4n) is 5.17. The van der Waals surface area contributed by atoms with E-state index in [1.165, 1.54) is 18.4 Å². The molecule has 6 atom stereocenters. The minimum Gasteiger partial charge on any atom is -0.269 e. The zero-order valence-corrected chi connectivity index (χ0v) is 11.5. The van der Waals surface area contributed by atoms with E-state index in [0.29, 0.717) is 12.1 Å². The van der Waals surface area contributed by atoms with Crippen LogP contribution in [0.25, 0.3) is 0 Å². The maximum Gasteiger partial charge on any atom is 0.0983 e. The number of rotatable bonds is 2. The number of nitrogens with zero attached hydrogens (tertiary/aromatic N) is 3. The predicted octanol–water partition coefficient (Wildman–Crippen LogP) is 3.45. The second-order valence-electron chi connectivity index (χ2n) is 6.74. The fourth-order valence-corrected chi connectivity index (χ4v) is 5.17. The van der Waals surface area contributed by atoms with E-state index in [0.717, 1.165) is 30.2 Å². The van der Waals surface area contributed by atoms with Crippen molar-refractivity contribution in [2.24, 2.45) is 34.0 Å². The van der Waals surface area contributed by atoms with Crippen molar-refractivity contribution in [3.63, 3.8) is 0 Å². The maximum absolute atomic E-state index is 4.64. The van der Waals surface area contributed by atoms with E-state index < -0.39 is 0 Å². The molecule has 0 spiro atoms. The average Bonchev–Trinajstić information content (AvgIpc) is 3.18. The van der Waals surface area contributed by atoms with Gasteiger partial charge < -0.3 is 0 Å². The molecule has 0 radical (unpaired) electrons. The smallest absolute Gasteiger partial charge is 0.0983 e. The summed E-state index contributed by atoms with van der Waals surface area (Å²) in [4.78, 5) is 0. The summed E-state index contributed by atoms with van der Waals surface area (Å²) in [6, 6.07) is 11.7. The first-order chi connectivity index (χ1) is 9.92. The highest BCUT2D eigenvalue weighted by atomic mass is 15.6. The summed E-state index contributed by atoms with van der Waals surface area (Å²) in [6.07, 6.45) is 7.53. The third-order valence-electron chi connectivity index (χ3n) is 5.91. The van der Waals surface area contributed by atoms with E-state index in [-0.39, 0.29) is 0 Å². The molecule has 0 aromatic heterocycles. The van der Waals surface area contributed by atoms with Gasteiger partial charge in [-0.15, -0.1) is 0 Å². The lowest BCUT2D eigenvalue weighted by atomic mass is 9.76. The van der Waals surface area contributed by atoms with Gasteiger partial charge in [-0.3, -0.25) is 5.01 Å². The van der Waals surface area contributed by atoms with E-state index in [2.05, 4.69) is 57.8 Å². The lowest BCUT2D eigenvalue weighted by molar-refractivity contribution is 0.119. The maximum atomic E-state index is 4.64. The lowest BCUT2D eigenvalue weighted by Gasteiger charge is -2.35. The number of allylic oxidation sites excluding steroid dienone is 2. The van der Waals surface area contributed by atoms with Crippen molar-refractivity contribution in [1.82, 2.24) is 5.01 Å². The average molecular weight is 265 g/mol. The Morgan fingerprint density at radius 2 is 2.00 bits per heavy atom. The molecule has 0 saturated heterocycles. The Morgan fingerprint density at radius 3 is 2.90 bits per heavy atom. The van der Waals surface area contributed by atoms with Gasteiger partial charge in [-0.2, -0.15) is 5.11 Å². The molecule has 2 fully saturated rings. The van der Waals surface area contributed by atoms with E-state index in [9.17, 15) is 0 Å². The van der Waals surface area contributed by atoms with Gasteiger partial charge in [-0.1, -0.05) is 47.7 Å². The van der Waals surface area contributed by atoms with Crippen molar-refractivity contribution >= 4 is 0 Å². The quantitative estimate of drug-likeness (QED) is 0.753. The van der Waals surface area contributed by atoms with Gasteiger partial charge in [0.05, 0.1) is 18.6 Å². The molecule has 0 unspecified atom stereocenters. The van der Waals surface area contributed by atoms with Crippen LogP contribution in [0.2, 0.25) is 0 Å². The van der Waals surface area contributed by atoms with Crippen molar-refractivity contribution in [3.05, 3.63) is 48.0 Å². The highest BCUT2D eigenvalue weighted by molar-refractivity contribution is 5.22. The largest absolute Gasteiger partial charge is 0.269 e. The monoisotopic (exact) mass is 265 g/mol. The Hall–Kier alpha value is -1.64. The highest BCUT2D eigenvalue weighted by Crippen LogP contribution is 2.60. The molecule has 0 N–H and O–H groups in total. The Balaban J connectivity index is 1.42. The number of hydrogen-bond acceptors (Lipinski definition) is 3. The van der Waals surface area contributed by atoms with Gasteiger partial charge >= 0.3 is 0 Å². The summed E-state index contributed by atoms with van der Waals surface area (Å²) >= 11 is 0. The predicted molar refractivity (Wildman–Crippen MR) is 76.8 cm³/mol. The molecule has 1 aliphatic heterocycles. The first-order valence-corrected chi connectivity index (χ1v) is 7.80. The standard InChI is InChI=1S/C17H19N3/c1-2-5-11(6-3-1)10-20-17-15-9-14(16(17)18-19-20)12-7-4-8-13(12)15/h1-6,8,12-17H,7,9-10H2/t12-,13+,14+,15+,16-,17+/m0/s1. The molecule has 1 aromatic rings. The molecular formula is C17H19N3. The van der Waals surface area contributed by atoms with E-state index in [1.54, 1.807) is 0 Å². The minimum atomic E-state index is 0.477. The molecule has 2 saturated carbocycles. The van der Waals surface area contributed by atoms with Gasteiger partial charge in [0.1, 0.15) is 0 Å². The SMILES string of the molecule is C1=C[C@H]2[C@H]3C[C@H]([C@H]2C1)[C@@H]1N=NN(Cc2ccccc2)[C@H]31. The second-order valence-corrected chi connectivity index (χ2v) is 6.74. The van der Waals surface area contributed by atoms with E-state index in [4.69, 9.17) is 0 Å². The molecule has 5 rings (SSSR count). The summed E-state index contributed by atoms with van der Waals surface area (Å²) < 4.78 is 0. The van der Waals surface area contributed by atoms with Crippen molar-refractivity contribution in [2.75, 3.05) is 0 Å². The number of hydrogen-bond donors (Lipinski definition) is 0. The van der Waals surface area contributed by atoms with Crippen LogP contribution in [0.1, 0.15) is 18.4 Å². The Kier molecular flexibility index (Phi) is 2.18. The molecule has 1 heterocycles. The fraction of sp³-hybridized carbons (Fsp3) is 0.529. The van der Waals surface area contributed by atoms with Crippen LogP contribution >= 0.6 is 0 Å². The summed E-state index contributed by atoms with van der Waals surface area (Å²) in [5.74, 6) is 3.25. The zero-order valence-electron chi connectivity index (χ0n) is 11.5. The van der Waals surface area contributed by atoms with Crippen LogP contribution in [0.5, 0.6) is 0 Å². The molecule has 3 aliphatic carbocycles. The second kappa shape index (κ2) is 3.94. The van der Waals surface area contributed by atoms with Crippen LogP contribution in [0, 0.1) is 23.7 Å². The van der Waals surface area contributed by atoms with Gasteiger partial charge in [0.25, 0.3) is 0 Å². The van der Waals surface area contributed by atoms with Crippen molar-refractivity contribution < 1.29 is 0 Å². The van der Waals surface area contributed by atoms with Gasteiger partial charge in [0, 0.05) is 0 Å². The van der Waals surface area contributed by atoms with Crippen LogP contribution in [0.4, 0.5) is 0 Å². The molecule has 102 valence electrons. The molecule has 3 heteroatoms. The molecular weight excluding hydrogens is 246 g/mol. The first kappa shape index (κ1) is 11.1. The third kappa shape index (κ3) is 1.36. The van der Waals surface area contributed by atoms with Crippen molar-refractivity contribution in [3.8, 4) is 0 Å². The van der Waals surface area contributed by atoms with Gasteiger partial charge in [0.15, 0.2) is 0 Å². The molecule has 1 aromatic carbocycles. The minimum absolute atomic E-state index is 0.477. The van der Waals surface area contributed by atoms with Crippen molar-refractivity contribution in [1.29, 1.82) is 0 Å². The Morgan fingerprint density at radius 1 is 1.10 bits per heavy atom. The van der Waals surface area contributed by atoms with Crippen LogP contribution < -0.4 is 0 Å². The molecule has 4 aliphatic rings. The van der Waals surface area contributed by atoms with Crippen LogP contribution in [0.3, 0.4) is 0 Å². The normalized spacial score (nSPS) is 43.3. The Bertz CT molecular complexity index is 579. The van der Waals surface area contributed by atoms with Gasteiger partial charge in [-0.25, -0.2) is 0 Å². The first-order valence-electron chi connectivity index (χ1n) is 7.80. The van der Waals surface area contributed by atoms with Crippen LogP contribution in [-0.4, -0.2) is 17.1 Å². The summed E-state index contributed by atoms with van der Waals surface area (Å²) in [5, 5.41) is 11.4. The third-order valence-corrected chi connectivity index (χ3v) is 5.91. The zero-order chi connectivity index (χ0) is 13.1. The number of benzene rings is 1. The van der Waals surface area contributed by atoms with Gasteiger partial charge in [0.2, 0.25) is 0 Å². The van der Waals surface area contributed by atoms with Gasteiger partial charge in [-0.05, 0) is 42.1 Å². The summed E-state index contributed by atoms with van der Waals surface area (Å²) in [6.45, 7) is 0.913. The molecule has 2 bridgehead atoms. The van der Waals surface area contributed by atoms with Crippen LogP contribution in [0.15, 0.2) is 52.8 Å².